The molecule has 1 fully saturated rings. The first-order valence-electron chi connectivity index (χ1n) is 8.86. The third-order valence-electron chi connectivity index (χ3n) is 4.64. The van der Waals surface area contributed by atoms with Crippen LogP contribution in [-0.4, -0.2) is 30.8 Å². The molecule has 0 atom stereocenters. The Hall–Kier alpha value is -3.52. The van der Waals surface area contributed by atoms with E-state index in [9.17, 15) is 19.2 Å². The number of carbonyl (C=O) groups excluding carboxylic acids is 4. The number of anilines is 2. The molecule has 1 saturated heterocycles. The number of esters is 1. The molecule has 1 N–H and O–H groups in total. The van der Waals surface area contributed by atoms with Gasteiger partial charge in [-0.2, -0.15) is 0 Å². The van der Waals surface area contributed by atoms with E-state index < -0.39 is 11.9 Å². The number of rotatable bonds is 4. The number of amides is 3. The van der Waals surface area contributed by atoms with Gasteiger partial charge in [0.2, 0.25) is 11.8 Å². The number of carbonyl (C=O) groups is 4. The summed E-state index contributed by atoms with van der Waals surface area (Å²) in [5, 5.41) is 3.54. The number of imide groups is 1. The van der Waals surface area contributed by atoms with E-state index in [-0.39, 0.29) is 24.7 Å². The van der Waals surface area contributed by atoms with Crippen molar-refractivity contribution in [3.8, 4) is 0 Å². The van der Waals surface area contributed by atoms with Crippen molar-refractivity contribution in [3.05, 3.63) is 59.0 Å². The molecule has 0 saturated carbocycles. The smallest absolute Gasteiger partial charge is 0.350 e. The molecule has 29 heavy (non-hydrogen) atoms. The molecule has 3 aromatic rings. The minimum Gasteiger partial charge on any atom is -0.465 e. The summed E-state index contributed by atoms with van der Waals surface area (Å²) in [7, 11) is 1.29. The van der Waals surface area contributed by atoms with Crippen LogP contribution >= 0.6 is 11.3 Å². The van der Waals surface area contributed by atoms with Crippen molar-refractivity contribution >= 4 is 56.5 Å². The fourth-order valence-corrected chi connectivity index (χ4v) is 4.29. The zero-order valence-electron chi connectivity index (χ0n) is 15.4. The fraction of sp³-hybridized carbons (Fsp3) is 0.143. The van der Waals surface area contributed by atoms with Crippen molar-refractivity contribution in [1.82, 2.24) is 0 Å². The van der Waals surface area contributed by atoms with Crippen LogP contribution in [0.3, 0.4) is 0 Å². The van der Waals surface area contributed by atoms with Crippen LogP contribution in [-0.2, 0) is 14.3 Å². The van der Waals surface area contributed by atoms with Crippen LogP contribution in [0, 0.1) is 0 Å². The molecule has 1 aromatic heterocycles. The largest absolute Gasteiger partial charge is 0.465 e. The standard InChI is InChI=1S/C21H16N2O5S/c1-28-21(27)19-18(14-4-2-3-5-15(14)29-19)22-20(26)12-6-8-13(9-7-12)23-16(24)10-11-17(23)25/h2-9H,10-11H2,1H3,(H,22,26). The Morgan fingerprint density at radius 3 is 2.31 bits per heavy atom. The number of hydrogen-bond donors (Lipinski definition) is 1. The molecule has 146 valence electrons. The first-order chi connectivity index (χ1) is 14.0. The highest BCUT2D eigenvalue weighted by molar-refractivity contribution is 7.21. The molecule has 0 spiro atoms. The molecule has 1 aliphatic rings. The lowest BCUT2D eigenvalue weighted by Gasteiger charge is -2.14. The molecule has 0 bridgehead atoms. The molecule has 1 aliphatic heterocycles. The van der Waals surface area contributed by atoms with E-state index in [4.69, 9.17) is 4.74 Å². The van der Waals surface area contributed by atoms with Crippen molar-refractivity contribution in [2.45, 2.75) is 12.8 Å². The Labute approximate surface area is 169 Å². The van der Waals surface area contributed by atoms with E-state index >= 15 is 0 Å². The Balaban J connectivity index is 1.62. The van der Waals surface area contributed by atoms with Gasteiger partial charge in [0.25, 0.3) is 5.91 Å². The molecular formula is C21H16N2O5S. The lowest BCUT2D eigenvalue weighted by molar-refractivity contribution is -0.121. The van der Waals surface area contributed by atoms with E-state index in [0.29, 0.717) is 21.8 Å². The number of nitrogens with one attached hydrogen (secondary N) is 1. The first-order valence-corrected chi connectivity index (χ1v) is 9.68. The molecular weight excluding hydrogens is 392 g/mol. The zero-order chi connectivity index (χ0) is 20.5. The second-order valence-electron chi connectivity index (χ2n) is 6.42. The number of hydrogen-bond acceptors (Lipinski definition) is 6. The number of benzene rings is 2. The minimum atomic E-state index is -0.525. The summed E-state index contributed by atoms with van der Waals surface area (Å²) in [5.74, 6) is -1.44. The summed E-state index contributed by atoms with van der Waals surface area (Å²) in [5.41, 5.74) is 1.17. The minimum absolute atomic E-state index is 0.197. The van der Waals surface area contributed by atoms with Gasteiger partial charge in [-0.15, -0.1) is 11.3 Å². The highest BCUT2D eigenvalue weighted by Gasteiger charge is 2.30. The second kappa shape index (κ2) is 7.48. The lowest BCUT2D eigenvalue weighted by Crippen LogP contribution is -2.28. The van der Waals surface area contributed by atoms with Crippen LogP contribution in [0.1, 0.15) is 32.9 Å². The number of methoxy groups -OCH3 is 1. The van der Waals surface area contributed by atoms with E-state index in [0.717, 1.165) is 15.0 Å². The van der Waals surface area contributed by atoms with Crippen LogP contribution in [0.2, 0.25) is 0 Å². The molecule has 4 rings (SSSR count). The highest BCUT2D eigenvalue weighted by Crippen LogP contribution is 2.36. The third-order valence-corrected chi connectivity index (χ3v) is 5.79. The Kier molecular flexibility index (Phi) is 4.85. The maximum atomic E-state index is 12.8. The summed E-state index contributed by atoms with van der Waals surface area (Å²) in [6.45, 7) is 0. The molecule has 8 heteroatoms. The van der Waals surface area contributed by atoms with Crippen LogP contribution < -0.4 is 10.2 Å². The summed E-state index contributed by atoms with van der Waals surface area (Å²) in [4.78, 5) is 50.1. The number of fused-ring (bicyclic) bond motifs is 1. The molecule has 3 amide bonds. The van der Waals surface area contributed by atoms with Crippen molar-refractivity contribution in [2.24, 2.45) is 0 Å². The lowest BCUT2D eigenvalue weighted by atomic mass is 10.1. The van der Waals surface area contributed by atoms with E-state index in [1.165, 1.54) is 30.6 Å². The topological polar surface area (TPSA) is 92.8 Å². The molecule has 2 heterocycles. The van der Waals surface area contributed by atoms with Gasteiger partial charge in [-0.05, 0) is 30.3 Å². The maximum absolute atomic E-state index is 12.8. The van der Waals surface area contributed by atoms with Gasteiger partial charge in [0.05, 0.1) is 18.5 Å². The Morgan fingerprint density at radius 1 is 1.00 bits per heavy atom. The summed E-state index contributed by atoms with van der Waals surface area (Å²) in [6.07, 6.45) is 0.394. The number of thiophene rings is 1. The monoisotopic (exact) mass is 408 g/mol. The molecule has 0 aliphatic carbocycles. The van der Waals surface area contributed by atoms with Gasteiger partial charge in [0.1, 0.15) is 4.88 Å². The SMILES string of the molecule is COC(=O)c1sc2ccccc2c1NC(=O)c1ccc(N2C(=O)CCC2=O)cc1. The molecule has 2 aromatic carbocycles. The summed E-state index contributed by atoms with van der Waals surface area (Å²) in [6, 6.07) is 13.6. The second-order valence-corrected chi connectivity index (χ2v) is 7.47. The fourth-order valence-electron chi connectivity index (χ4n) is 3.22. The van der Waals surface area contributed by atoms with Crippen molar-refractivity contribution in [3.63, 3.8) is 0 Å². The highest BCUT2D eigenvalue weighted by atomic mass is 32.1. The van der Waals surface area contributed by atoms with E-state index in [1.807, 2.05) is 24.3 Å². The molecule has 0 radical (unpaired) electrons. The van der Waals surface area contributed by atoms with E-state index in [1.54, 1.807) is 12.1 Å². The number of ether oxygens (including phenoxy) is 1. The van der Waals surface area contributed by atoms with Crippen molar-refractivity contribution in [1.29, 1.82) is 0 Å². The Bertz CT molecular complexity index is 1130. The first kappa shape index (κ1) is 18.8. The molecule has 7 nitrogen and oxygen atoms in total. The van der Waals surface area contributed by atoms with Crippen molar-refractivity contribution < 1.29 is 23.9 Å². The van der Waals surface area contributed by atoms with Crippen molar-refractivity contribution in [2.75, 3.05) is 17.3 Å². The molecule has 0 unspecified atom stereocenters. The Morgan fingerprint density at radius 2 is 1.66 bits per heavy atom. The average Bonchev–Trinajstić information content (AvgIpc) is 3.27. The number of nitrogens with zero attached hydrogens (tertiary/aromatic N) is 1. The quantitative estimate of drug-likeness (QED) is 0.526. The van der Waals surface area contributed by atoms with E-state index in [2.05, 4.69) is 5.32 Å². The normalized spacial score (nSPS) is 13.8. The van der Waals surface area contributed by atoms with Crippen LogP contribution in [0.25, 0.3) is 10.1 Å². The van der Waals surface area contributed by atoms with Gasteiger partial charge >= 0.3 is 5.97 Å². The van der Waals surface area contributed by atoms with Gasteiger partial charge in [0.15, 0.2) is 0 Å². The van der Waals surface area contributed by atoms with Crippen LogP contribution in [0.4, 0.5) is 11.4 Å². The average molecular weight is 408 g/mol. The van der Waals surface area contributed by atoms with Gasteiger partial charge in [0, 0.05) is 28.5 Å². The third kappa shape index (κ3) is 3.38. The van der Waals surface area contributed by atoms with Gasteiger partial charge in [-0.25, -0.2) is 4.79 Å². The van der Waals surface area contributed by atoms with Crippen LogP contribution in [0.5, 0.6) is 0 Å². The zero-order valence-corrected chi connectivity index (χ0v) is 16.2. The maximum Gasteiger partial charge on any atom is 0.350 e. The summed E-state index contributed by atoms with van der Waals surface area (Å²) >= 11 is 1.24. The predicted molar refractivity (Wildman–Crippen MR) is 109 cm³/mol. The van der Waals surface area contributed by atoms with Gasteiger partial charge in [-0.1, -0.05) is 18.2 Å². The predicted octanol–water partition coefficient (Wildman–Crippen LogP) is 3.59. The summed E-state index contributed by atoms with van der Waals surface area (Å²) < 4.78 is 5.69. The van der Waals surface area contributed by atoms with Gasteiger partial charge < -0.3 is 10.1 Å². The van der Waals surface area contributed by atoms with Crippen LogP contribution in [0.15, 0.2) is 48.5 Å². The van der Waals surface area contributed by atoms with Gasteiger partial charge in [-0.3, -0.25) is 19.3 Å².